The molecule has 1 saturated carbocycles. The second-order valence-electron chi connectivity index (χ2n) is 6.31. The SMILES string of the molecule is CCC1CCC(CNC(C)C)C(CCCSC)C1. The van der Waals surface area contributed by atoms with Crippen molar-refractivity contribution in [1.29, 1.82) is 0 Å². The maximum atomic E-state index is 3.66. The molecule has 1 aliphatic carbocycles. The monoisotopic (exact) mass is 271 g/mol. The van der Waals surface area contributed by atoms with Crippen LogP contribution >= 0.6 is 11.8 Å². The van der Waals surface area contributed by atoms with Crippen LogP contribution in [0.1, 0.15) is 59.3 Å². The lowest BCUT2D eigenvalue weighted by Gasteiger charge is -2.36. The third-order valence-electron chi connectivity index (χ3n) is 4.54. The summed E-state index contributed by atoms with van der Waals surface area (Å²) in [6.45, 7) is 8.15. The molecule has 0 amide bonds. The quantitative estimate of drug-likeness (QED) is 0.649. The molecule has 1 nitrogen and oxygen atoms in total. The van der Waals surface area contributed by atoms with E-state index in [4.69, 9.17) is 0 Å². The van der Waals surface area contributed by atoms with Crippen LogP contribution in [0.15, 0.2) is 0 Å². The van der Waals surface area contributed by atoms with Crippen molar-refractivity contribution >= 4 is 11.8 Å². The number of rotatable bonds is 8. The predicted octanol–water partition coefficient (Wildman–Crippen LogP) is 4.57. The van der Waals surface area contributed by atoms with Crippen LogP contribution in [0.4, 0.5) is 0 Å². The summed E-state index contributed by atoms with van der Waals surface area (Å²) in [5.41, 5.74) is 0. The van der Waals surface area contributed by atoms with E-state index in [2.05, 4.69) is 32.3 Å². The van der Waals surface area contributed by atoms with Gasteiger partial charge in [-0.1, -0.05) is 33.6 Å². The van der Waals surface area contributed by atoms with Gasteiger partial charge in [0.15, 0.2) is 0 Å². The smallest absolute Gasteiger partial charge is 0.00104 e. The minimum absolute atomic E-state index is 0.640. The molecule has 0 spiro atoms. The van der Waals surface area contributed by atoms with Crippen LogP contribution < -0.4 is 5.32 Å². The maximum absolute atomic E-state index is 3.66. The van der Waals surface area contributed by atoms with E-state index in [9.17, 15) is 0 Å². The Balaban J connectivity index is 2.40. The molecule has 0 aromatic heterocycles. The molecule has 1 fully saturated rings. The second-order valence-corrected chi connectivity index (χ2v) is 7.29. The van der Waals surface area contributed by atoms with E-state index in [0.717, 1.165) is 17.8 Å². The highest BCUT2D eigenvalue weighted by Crippen LogP contribution is 2.37. The molecule has 0 bridgehead atoms. The summed E-state index contributed by atoms with van der Waals surface area (Å²) in [5.74, 6) is 4.29. The van der Waals surface area contributed by atoms with E-state index < -0.39 is 0 Å². The number of thioether (sulfide) groups is 1. The summed E-state index contributed by atoms with van der Waals surface area (Å²) >= 11 is 2.00. The van der Waals surface area contributed by atoms with Crippen LogP contribution in [0.3, 0.4) is 0 Å². The van der Waals surface area contributed by atoms with E-state index in [-0.39, 0.29) is 0 Å². The lowest BCUT2D eigenvalue weighted by Crippen LogP contribution is -2.36. The molecule has 0 aliphatic heterocycles. The Labute approximate surface area is 119 Å². The fourth-order valence-corrected chi connectivity index (χ4v) is 3.75. The average Bonchev–Trinajstić information content (AvgIpc) is 2.37. The Hall–Kier alpha value is 0.310. The van der Waals surface area contributed by atoms with Crippen LogP contribution in [0, 0.1) is 17.8 Å². The molecule has 0 radical (unpaired) electrons. The minimum Gasteiger partial charge on any atom is -0.314 e. The zero-order chi connectivity index (χ0) is 13.4. The molecule has 0 aromatic carbocycles. The van der Waals surface area contributed by atoms with Gasteiger partial charge in [0.05, 0.1) is 0 Å². The zero-order valence-corrected chi connectivity index (χ0v) is 13.7. The molecule has 2 heteroatoms. The third kappa shape index (κ3) is 5.97. The molecule has 3 atom stereocenters. The Morgan fingerprint density at radius 2 is 2.00 bits per heavy atom. The van der Waals surface area contributed by atoms with Gasteiger partial charge in [-0.25, -0.2) is 0 Å². The van der Waals surface area contributed by atoms with Gasteiger partial charge >= 0.3 is 0 Å². The summed E-state index contributed by atoms with van der Waals surface area (Å²) in [7, 11) is 0. The van der Waals surface area contributed by atoms with E-state index in [0.29, 0.717) is 6.04 Å². The minimum atomic E-state index is 0.640. The van der Waals surface area contributed by atoms with Gasteiger partial charge in [0.25, 0.3) is 0 Å². The van der Waals surface area contributed by atoms with Gasteiger partial charge < -0.3 is 5.32 Å². The van der Waals surface area contributed by atoms with Crippen molar-refractivity contribution in [2.75, 3.05) is 18.6 Å². The van der Waals surface area contributed by atoms with Gasteiger partial charge in [-0.3, -0.25) is 0 Å². The van der Waals surface area contributed by atoms with E-state index >= 15 is 0 Å². The Morgan fingerprint density at radius 3 is 2.61 bits per heavy atom. The first-order chi connectivity index (χ1) is 8.67. The van der Waals surface area contributed by atoms with E-state index in [1.165, 1.54) is 50.8 Å². The van der Waals surface area contributed by atoms with Crippen LogP contribution in [0.2, 0.25) is 0 Å². The van der Waals surface area contributed by atoms with Crippen molar-refractivity contribution < 1.29 is 0 Å². The normalized spacial score (nSPS) is 28.8. The zero-order valence-electron chi connectivity index (χ0n) is 12.9. The molecule has 1 rings (SSSR count). The highest BCUT2D eigenvalue weighted by Gasteiger charge is 2.29. The van der Waals surface area contributed by atoms with E-state index in [1.807, 2.05) is 11.8 Å². The molecule has 0 aromatic rings. The summed E-state index contributed by atoms with van der Waals surface area (Å²) in [5, 5.41) is 3.66. The summed E-state index contributed by atoms with van der Waals surface area (Å²) in [6, 6.07) is 0.640. The van der Waals surface area contributed by atoms with Crippen LogP contribution in [-0.2, 0) is 0 Å². The van der Waals surface area contributed by atoms with Gasteiger partial charge in [0.1, 0.15) is 0 Å². The topological polar surface area (TPSA) is 12.0 Å². The van der Waals surface area contributed by atoms with Crippen molar-refractivity contribution in [2.24, 2.45) is 17.8 Å². The standard InChI is InChI=1S/C16H33NS/c1-5-14-8-9-16(12-17-13(2)3)15(11-14)7-6-10-18-4/h13-17H,5-12H2,1-4H3. The first-order valence-corrected chi connectivity index (χ1v) is 9.29. The Morgan fingerprint density at radius 1 is 1.22 bits per heavy atom. The molecule has 3 unspecified atom stereocenters. The van der Waals surface area contributed by atoms with Crippen LogP contribution in [-0.4, -0.2) is 24.6 Å². The molecule has 1 aliphatic rings. The lowest BCUT2D eigenvalue weighted by atomic mass is 9.71. The summed E-state index contributed by atoms with van der Waals surface area (Å²) in [4.78, 5) is 0. The van der Waals surface area contributed by atoms with Crippen molar-refractivity contribution in [2.45, 2.75) is 65.3 Å². The maximum Gasteiger partial charge on any atom is 0.00104 e. The van der Waals surface area contributed by atoms with Crippen molar-refractivity contribution in [3.63, 3.8) is 0 Å². The number of nitrogens with one attached hydrogen (secondary N) is 1. The molecule has 18 heavy (non-hydrogen) atoms. The fourth-order valence-electron chi connectivity index (χ4n) is 3.29. The van der Waals surface area contributed by atoms with Gasteiger partial charge in [-0.05, 0) is 62.0 Å². The molecule has 108 valence electrons. The van der Waals surface area contributed by atoms with Crippen molar-refractivity contribution in [1.82, 2.24) is 5.32 Å². The molecular formula is C16H33NS. The highest BCUT2D eigenvalue weighted by atomic mass is 32.2. The molecule has 1 N–H and O–H groups in total. The Kier molecular flexibility index (Phi) is 8.41. The van der Waals surface area contributed by atoms with Crippen molar-refractivity contribution in [3.05, 3.63) is 0 Å². The van der Waals surface area contributed by atoms with E-state index in [1.54, 1.807) is 0 Å². The van der Waals surface area contributed by atoms with Gasteiger partial charge in [-0.15, -0.1) is 0 Å². The number of hydrogen-bond acceptors (Lipinski definition) is 2. The third-order valence-corrected chi connectivity index (χ3v) is 5.23. The van der Waals surface area contributed by atoms with Gasteiger partial charge in [0.2, 0.25) is 0 Å². The van der Waals surface area contributed by atoms with Gasteiger partial charge in [0, 0.05) is 6.04 Å². The first-order valence-electron chi connectivity index (χ1n) is 7.89. The average molecular weight is 272 g/mol. The molecule has 0 heterocycles. The predicted molar refractivity (Wildman–Crippen MR) is 85.4 cm³/mol. The fraction of sp³-hybridized carbons (Fsp3) is 1.00. The lowest BCUT2D eigenvalue weighted by molar-refractivity contribution is 0.160. The second kappa shape index (κ2) is 9.25. The van der Waals surface area contributed by atoms with Crippen LogP contribution in [0.5, 0.6) is 0 Å². The number of hydrogen-bond donors (Lipinski definition) is 1. The first kappa shape index (κ1) is 16.4. The molecular weight excluding hydrogens is 238 g/mol. The summed E-state index contributed by atoms with van der Waals surface area (Å²) < 4.78 is 0. The highest BCUT2D eigenvalue weighted by molar-refractivity contribution is 7.98. The van der Waals surface area contributed by atoms with Gasteiger partial charge in [-0.2, -0.15) is 11.8 Å². The molecule has 0 saturated heterocycles. The summed E-state index contributed by atoms with van der Waals surface area (Å²) in [6.07, 6.45) is 10.9. The van der Waals surface area contributed by atoms with Crippen molar-refractivity contribution in [3.8, 4) is 0 Å². The largest absolute Gasteiger partial charge is 0.314 e. The van der Waals surface area contributed by atoms with Crippen LogP contribution in [0.25, 0.3) is 0 Å². The Bertz CT molecular complexity index is 205.